The Morgan fingerprint density at radius 3 is 2.62 bits per heavy atom. The average Bonchev–Trinajstić information content (AvgIpc) is 2.77. The van der Waals surface area contributed by atoms with E-state index in [2.05, 4.69) is 27.9 Å². The third kappa shape index (κ3) is 6.16. The van der Waals surface area contributed by atoms with Crippen molar-refractivity contribution in [2.24, 2.45) is 0 Å². The van der Waals surface area contributed by atoms with Crippen LogP contribution in [0.2, 0.25) is 10.0 Å². The van der Waals surface area contributed by atoms with Crippen molar-refractivity contribution in [2.45, 2.75) is 6.61 Å². The molecular weight excluding hydrogens is 562 g/mol. The highest BCUT2D eigenvalue weighted by Gasteiger charge is 2.15. The molecule has 0 unspecified atom stereocenters. The van der Waals surface area contributed by atoms with Gasteiger partial charge >= 0.3 is 0 Å². The summed E-state index contributed by atoms with van der Waals surface area (Å²) in [6, 6.07) is 19.6. The summed E-state index contributed by atoms with van der Waals surface area (Å²) < 4.78 is 12.2. The first kappa shape index (κ1) is 23.9. The molecule has 0 fully saturated rings. The molecule has 5 nitrogen and oxygen atoms in total. The van der Waals surface area contributed by atoms with Gasteiger partial charge in [-0.2, -0.15) is 5.26 Å². The minimum Gasteiger partial charge on any atom is -0.493 e. The highest BCUT2D eigenvalue weighted by Crippen LogP contribution is 2.35. The fraction of sp³-hybridized carbons (Fsp3) is 0.0833. The number of carbonyl (C=O) groups excluding carboxylic acids is 1. The van der Waals surface area contributed by atoms with Crippen molar-refractivity contribution >= 4 is 63.5 Å². The summed E-state index contributed by atoms with van der Waals surface area (Å²) in [6.07, 6.45) is 1.49. The number of benzene rings is 3. The predicted octanol–water partition coefficient (Wildman–Crippen LogP) is 6.73. The molecule has 0 spiro atoms. The summed E-state index contributed by atoms with van der Waals surface area (Å²) in [5, 5.41) is 13.3. The van der Waals surface area contributed by atoms with Crippen LogP contribution >= 0.6 is 45.8 Å². The summed E-state index contributed by atoms with van der Waals surface area (Å²) in [5.41, 5.74) is 1.90. The van der Waals surface area contributed by atoms with E-state index in [1.165, 1.54) is 13.2 Å². The standard InChI is InChI=1S/C24H17Cl2IN2O3/c1-31-22-11-15(9-17(13-28)24(30)29-19-7-4-6-18(25)12-19)10-21(27)23(22)32-14-16-5-2-3-8-20(16)26/h2-12H,14H2,1H3,(H,29,30)/b17-9-. The zero-order valence-corrected chi connectivity index (χ0v) is 20.5. The number of ether oxygens (including phenoxy) is 2. The van der Waals surface area contributed by atoms with E-state index in [-0.39, 0.29) is 12.2 Å². The van der Waals surface area contributed by atoms with Gasteiger partial charge in [-0.05, 0) is 70.6 Å². The Kier molecular flexibility index (Phi) is 8.39. The van der Waals surface area contributed by atoms with Crippen LogP contribution < -0.4 is 14.8 Å². The van der Waals surface area contributed by atoms with Crippen LogP contribution in [0.25, 0.3) is 6.08 Å². The summed E-state index contributed by atoms with van der Waals surface area (Å²) in [7, 11) is 1.53. The van der Waals surface area contributed by atoms with Crippen LogP contribution in [-0.2, 0) is 11.4 Å². The molecule has 0 radical (unpaired) electrons. The first-order valence-electron chi connectivity index (χ1n) is 9.33. The Hall–Kier alpha value is -2.73. The molecule has 3 aromatic rings. The molecule has 0 aromatic heterocycles. The Bertz CT molecular complexity index is 1220. The number of methoxy groups -OCH3 is 1. The molecule has 0 aliphatic heterocycles. The summed E-state index contributed by atoms with van der Waals surface area (Å²) >= 11 is 14.3. The minimum absolute atomic E-state index is 0.0624. The fourth-order valence-electron chi connectivity index (χ4n) is 2.81. The zero-order valence-electron chi connectivity index (χ0n) is 16.9. The van der Waals surface area contributed by atoms with E-state index in [1.807, 2.05) is 24.3 Å². The van der Waals surface area contributed by atoms with Gasteiger partial charge in [-0.25, -0.2) is 0 Å². The van der Waals surface area contributed by atoms with Gasteiger partial charge in [-0.1, -0.05) is 47.5 Å². The maximum absolute atomic E-state index is 12.5. The predicted molar refractivity (Wildman–Crippen MR) is 135 cm³/mol. The molecule has 0 atom stereocenters. The third-order valence-electron chi connectivity index (χ3n) is 4.34. The number of hydrogen-bond donors (Lipinski definition) is 1. The topological polar surface area (TPSA) is 71.3 Å². The molecule has 0 bridgehead atoms. The van der Waals surface area contributed by atoms with Crippen molar-refractivity contribution in [3.05, 3.63) is 91.0 Å². The molecule has 0 saturated carbocycles. The number of nitriles is 1. The highest BCUT2D eigenvalue weighted by atomic mass is 127. The van der Waals surface area contributed by atoms with E-state index in [1.54, 1.807) is 42.5 Å². The number of halogens is 3. The lowest BCUT2D eigenvalue weighted by Gasteiger charge is -2.14. The van der Waals surface area contributed by atoms with E-state index in [4.69, 9.17) is 32.7 Å². The van der Waals surface area contributed by atoms with Crippen molar-refractivity contribution in [3.8, 4) is 17.6 Å². The minimum atomic E-state index is -0.539. The van der Waals surface area contributed by atoms with Crippen molar-refractivity contribution in [2.75, 3.05) is 12.4 Å². The Labute approximate surface area is 209 Å². The number of amides is 1. The van der Waals surface area contributed by atoms with Crippen LogP contribution in [0.1, 0.15) is 11.1 Å². The fourth-order valence-corrected chi connectivity index (χ4v) is 3.97. The van der Waals surface area contributed by atoms with Crippen LogP contribution in [0.15, 0.2) is 66.2 Å². The number of rotatable bonds is 7. The largest absolute Gasteiger partial charge is 0.493 e. The zero-order chi connectivity index (χ0) is 23.1. The molecule has 0 heterocycles. The monoisotopic (exact) mass is 578 g/mol. The van der Waals surface area contributed by atoms with Crippen LogP contribution in [0, 0.1) is 14.9 Å². The second-order valence-corrected chi connectivity index (χ2v) is 8.55. The van der Waals surface area contributed by atoms with Gasteiger partial charge in [0.15, 0.2) is 11.5 Å². The van der Waals surface area contributed by atoms with E-state index >= 15 is 0 Å². The van der Waals surface area contributed by atoms with Crippen LogP contribution in [0.3, 0.4) is 0 Å². The van der Waals surface area contributed by atoms with Gasteiger partial charge in [0, 0.05) is 21.3 Å². The van der Waals surface area contributed by atoms with E-state index in [9.17, 15) is 10.1 Å². The summed E-state index contributed by atoms with van der Waals surface area (Å²) in [4.78, 5) is 12.5. The van der Waals surface area contributed by atoms with Crippen LogP contribution in [0.5, 0.6) is 11.5 Å². The van der Waals surface area contributed by atoms with Crippen LogP contribution in [-0.4, -0.2) is 13.0 Å². The van der Waals surface area contributed by atoms with Gasteiger partial charge in [0.1, 0.15) is 18.2 Å². The highest BCUT2D eigenvalue weighted by molar-refractivity contribution is 14.1. The lowest BCUT2D eigenvalue weighted by molar-refractivity contribution is -0.112. The molecule has 32 heavy (non-hydrogen) atoms. The molecule has 3 rings (SSSR count). The molecule has 1 N–H and O–H groups in total. The molecule has 8 heteroatoms. The number of nitrogens with one attached hydrogen (secondary N) is 1. The normalized spacial score (nSPS) is 10.9. The SMILES string of the molecule is COc1cc(/C=C(/C#N)C(=O)Nc2cccc(Cl)c2)cc(I)c1OCc1ccccc1Cl. The number of nitrogens with zero attached hydrogens (tertiary/aromatic N) is 1. The Morgan fingerprint density at radius 1 is 1.16 bits per heavy atom. The third-order valence-corrected chi connectivity index (χ3v) is 5.75. The maximum Gasteiger partial charge on any atom is 0.266 e. The van der Waals surface area contributed by atoms with Gasteiger partial charge in [0.2, 0.25) is 0 Å². The van der Waals surface area contributed by atoms with Crippen molar-refractivity contribution in [3.63, 3.8) is 0 Å². The van der Waals surface area contributed by atoms with Crippen molar-refractivity contribution in [1.29, 1.82) is 5.26 Å². The molecule has 0 saturated heterocycles. The lowest BCUT2D eigenvalue weighted by Crippen LogP contribution is -2.13. The smallest absolute Gasteiger partial charge is 0.266 e. The average molecular weight is 579 g/mol. The first-order chi connectivity index (χ1) is 15.4. The second kappa shape index (κ2) is 11.2. The van der Waals surface area contributed by atoms with Crippen molar-refractivity contribution < 1.29 is 14.3 Å². The van der Waals surface area contributed by atoms with Gasteiger partial charge in [0.25, 0.3) is 5.91 Å². The molecular formula is C24H17Cl2IN2O3. The number of carbonyl (C=O) groups is 1. The van der Waals surface area contributed by atoms with Gasteiger partial charge in [0.05, 0.1) is 10.7 Å². The number of hydrogen-bond acceptors (Lipinski definition) is 4. The van der Waals surface area contributed by atoms with Crippen molar-refractivity contribution in [1.82, 2.24) is 0 Å². The van der Waals surface area contributed by atoms with E-state index in [0.29, 0.717) is 32.8 Å². The Morgan fingerprint density at radius 2 is 1.94 bits per heavy atom. The molecule has 1 amide bonds. The quantitative estimate of drug-likeness (QED) is 0.192. The summed E-state index contributed by atoms with van der Waals surface area (Å²) in [6.45, 7) is 0.271. The molecule has 3 aromatic carbocycles. The molecule has 0 aliphatic carbocycles. The van der Waals surface area contributed by atoms with Crippen LogP contribution in [0.4, 0.5) is 5.69 Å². The van der Waals surface area contributed by atoms with Gasteiger partial charge < -0.3 is 14.8 Å². The van der Waals surface area contributed by atoms with Gasteiger partial charge in [-0.15, -0.1) is 0 Å². The number of anilines is 1. The Balaban J connectivity index is 1.83. The molecule has 0 aliphatic rings. The first-order valence-corrected chi connectivity index (χ1v) is 11.2. The lowest BCUT2D eigenvalue weighted by atomic mass is 10.1. The summed E-state index contributed by atoms with van der Waals surface area (Å²) in [5.74, 6) is 0.484. The second-order valence-electron chi connectivity index (χ2n) is 6.55. The van der Waals surface area contributed by atoms with E-state index in [0.717, 1.165) is 9.13 Å². The maximum atomic E-state index is 12.5. The van der Waals surface area contributed by atoms with Gasteiger partial charge in [-0.3, -0.25) is 4.79 Å². The van der Waals surface area contributed by atoms with E-state index < -0.39 is 5.91 Å². The molecule has 162 valence electrons.